The Kier molecular flexibility index (Phi) is 5.65. The summed E-state index contributed by atoms with van der Waals surface area (Å²) in [5, 5.41) is 0. The lowest BCUT2D eigenvalue weighted by atomic mass is 10.1. The summed E-state index contributed by atoms with van der Waals surface area (Å²) in [6, 6.07) is 13.3. The molecule has 0 aliphatic carbocycles. The molecule has 6 heteroatoms. The topological polar surface area (TPSA) is 55.8 Å². The van der Waals surface area contributed by atoms with Crippen LogP contribution in [-0.4, -0.2) is 39.0 Å². The third-order valence-electron chi connectivity index (χ3n) is 4.50. The van der Waals surface area contributed by atoms with Gasteiger partial charge in [0, 0.05) is 13.1 Å². The van der Waals surface area contributed by atoms with Crippen LogP contribution < -0.4 is 4.74 Å². The average Bonchev–Trinajstić information content (AvgIpc) is 2.64. The number of hydrogen-bond acceptors (Lipinski definition) is 4. The van der Waals surface area contributed by atoms with E-state index in [1.165, 1.54) is 4.31 Å². The van der Waals surface area contributed by atoms with Crippen molar-refractivity contribution in [1.29, 1.82) is 0 Å². The van der Waals surface area contributed by atoms with Gasteiger partial charge in [0.25, 0.3) is 0 Å². The lowest BCUT2D eigenvalue weighted by Gasteiger charge is -2.32. The van der Waals surface area contributed by atoms with Gasteiger partial charge in [-0.3, -0.25) is 0 Å². The molecule has 1 atom stereocenters. The summed E-state index contributed by atoms with van der Waals surface area (Å²) in [6.45, 7) is 7.17. The summed E-state index contributed by atoms with van der Waals surface area (Å²) in [5.74, 6) is 0.400. The molecule has 0 radical (unpaired) electrons. The fourth-order valence-electron chi connectivity index (χ4n) is 3.06. The molecule has 0 amide bonds. The highest BCUT2D eigenvalue weighted by Crippen LogP contribution is 2.31. The molecule has 1 unspecified atom stereocenters. The normalized spacial score (nSPS) is 18.7. The van der Waals surface area contributed by atoms with E-state index in [9.17, 15) is 8.42 Å². The molecule has 0 bridgehead atoms. The monoisotopic (exact) mass is 375 g/mol. The van der Waals surface area contributed by atoms with Crippen molar-refractivity contribution in [1.82, 2.24) is 4.31 Å². The smallest absolute Gasteiger partial charge is 0.246 e. The van der Waals surface area contributed by atoms with Gasteiger partial charge in [-0.1, -0.05) is 35.9 Å². The van der Waals surface area contributed by atoms with Crippen molar-refractivity contribution in [2.45, 2.75) is 31.8 Å². The Morgan fingerprint density at radius 1 is 1.12 bits per heavy atom. The molecular formula is C20H25NO4S. The van der Waals surface area contributed by atoms with Gasteiger partial charge >= 0.3 is 0 Å². The minimum atomic E-state index is -3.66. The van der Waals surface area contributed by atoms with E-state index in [1.807, 2.05) is 51.1 Å². The molecule has 0 aromatic heterocycles. The van der Waals surface area contributed by atoms with Crippen molar-refractivity contribution in [3.8, 4) is 5.75 Å². The van der Waals surface area contributed by atoms with Crippen LogP contribution in [0.3, 0.4) is 0 Å². The van der Waals surface area contributed by atoms with Gasteiger partial charge in [-0.05, 0) is 44.0 Å². The van der Waals surface area contributed by atoms with E-state index in [0.717, 1.165) is 16.7 Å². The largest absolute Gasteiger partial charge is 0.492 e. The molecule has 2 aromatic rings. The highest BCUT2D eigenvalue weighted by atomic mass is 32.2. The highest BCUT2D eigenvalue weighted by Gasteiger charge is 2.33. The number of hydrogen-bond donors (Lipinski definition) is 0. The number of nitrogens with zero attached hydrogens (tertiary/aromatic N) is 1. The van der Waals surface area contributed by atoms with E-state index in [2.05, 4.69) is 0 Å². The van der Waals surface area contributed by atoms with Crippen LogP contribution in [0.5, 0.6) is 5.75 Å². The number of morpholine rings is 1. The molecule has 1 heterocycles. The summed E-state index contributed by atoms with van der Waals surface area (Å²) in [7, 11) is -3.66. The Morgan fingerprint density at radius 2 is 1.81 bits per heavy atom. The maximum Gasteiger partial charge on any atom is 0.246 e. The molecule has 0 N–H and O–H groups in total. The van der Waals surface area contributed by atoms with Crippen molar-refractivity contribution >= 4 is 10.0 Å². The molecule has 140 valence electrons. The van der Waals surface area contributed by atoms with Gasteiger partial charge in [0.2, 0.25) is 10.0 Å². The standard InChI is InChI=1S/C20H25NO4S/c1-4-24-18-10-7-16(3)13-20(18)26(22,23)21-11-12-25-19(14-21)17-8-5-15(2)6-9-17/h5-10,13,19H,4,11-12,14H2,1-3H3. The van der Waals surface area contributed by atoms with Gasteiger partial charge in [-0.15, -0.1) is 0 Å². The number of benzene rings is 2. The molecule has 5 nitrogen and oxygen atoms in total. The molecule has 3 rings (SSSR count). The van der Waals surface area contributed by atoms with Gasteiger partial charge < -0.3 is 9.47 Å². The fraction of sp³-hybridized carbons (Fsp3) is 0.400. The summed E-state index contributed by atoms with van der Waals surface area (Å²) in [5.41, 5.74) is 3.04. The number of rotatable bonds is 5. The first kappa shape index (κ1) is 18.9. The third-order valence-corrected chi connectivity index (χ3v) is 6.38. The summed E-state index contributed by atoms with van der Waals surface area (Å²) < 4.78 is 39.4. The zero-order valence-electron chi connectivity index (χ0n) is 15.4. The van der Waals surface area contributed by atoms with Crippen LogP contribution in [0.4, 0.5) is 0 Å². The SMILES string of the molecule is CCOc1ccc(C)cc1S(=O)(=O)N1CCOC(c2ccc(C)cc2)C1. The second-order valence-electron chi connectivity index (χ2n) is 6.52. The fourth-order valence-corrected chi connectivity index (χ4v) is 4.70. The molecule has 26 heavy (non-hydrogen) atoms. The highest BCUT2D eigenvalue weighted by molar-refractivity contribution is 7.89. The van der Waals surface area contributed by atoms with Crippen molar-refractivity contribution in [2.75, 3.05) is 26.3 Å². The van der Waals surface area contributed by atoms with Gasteiger partial charge in [0.05, 0.1) is 19.3 Å². The second kappa shape index (κ2) is 7.78. The predicted molar refractivity (Wildman–Crippen MR) is 101 cm³/mol. The Morgan fingerprint density at radius 3 is 2.50 bits per heavy atom. The zero-order chi connectivity index (χ0) is 18.7. The van der Waals surface area contributed by atoms with Gasteiger partial charge in [-0.25, -0.2) is 8.42 Å². The average molecular weight is 375 g/mol. The lowest BCUT2D eigenvalue weighted by Crippen LogP contribution is -2.42. The van der Waals surface area contributed by atoms with E-state index < -0.39 is 10.0 Å². The van der Waals surface area contributed by atoms with Crippen LogP contribution in [0, 0.1) is 13.8 Å². The minimum Gasteiger partial charge on any atom is -0.492 e. The summed E-state index contributed by atoms with van der Waals surface area (Å²) >= 11 is 0. The first-order valence-electron chi connectivity index (χ1n) is 8.83. The summed E-state index contributed by atoms with van der Waals surface area (Å²) in [6.07, 6.45) is -0.264. The van der Waals surface area contributed by atoms with E-state index in [4.69, 9.17) is 9.47 Å². The van der Waals surface area contributed by atoms with Crippen LogP contribution in [0.25, 0.3) is 0 Å². The Labute approximate surface area is 155 Å². The van der Waals surface area contributed by atoms with Crippen LogP contribution in [0.15, 0.2) is 47.4 Å². The van der Waals surface area contributed by atoms with E-state index in [1.54, 1.807) is 12.1 Å². The molecule has 0 spiro atoms. The minimum absolute atomic E-state index is 0.226. The van der Waals surface area contributed by atoms with Gasteiger partial charge in [-0.2, -0.15) is 4.31 Å². The van der Waals surface area contributed by atoms with Crippen LogP contribution in [-0.2, 0) is 14.8 Å². The van der Waals surface area contributed by atoms with E-state index >= 15 is 0 Å². The summed E-state index contributed by atoms with van der Waals surface area (Å²) in [4.78, 5) is 0.226. The molecule has 1 aliphatic heterocycles. The Bertz CT molecular complexity index is 862. The number of ether oxygens (including phenoxy) is 2. The molecule has 0 saturated carbocycles. The van der Waals surface area contributed by atoms with Crippen LogP contribution >= 0.6 is 0 Å². The molecule has 2 aromatic carbocycles. The molecule has 1 fully saturated rings. The first-order valence-corrected chi connectivity index (χ1v) is 10.3. The molecule has 1 saturated heterocycles. The van der Waals surface area contributed by atoms with Crippen LogP contribution in [0.1, 0.15) is 29.7 Å². The van der Waals surface area contributed by atoms with Crippen molar-refractivity contribution < 1.29 is 17.9 Å². The first-order chi connectivity index (χ1) is 12.4. The second-order valence-corrected chi connectivity index (χ2v) is 8.42. The predicted octanol–water partition coefficient (Wildman–Crippen LogP) is 3.46. The maximum atomic E-state index is 13.3. The molecular weight excluding hydrogens is 350 g/mol. The Hall–Kier alpha value is -1.89. The zero-order valence-corrected chi connectivity index (χ0v) is 16.3. The maximum absolute atomic E-state index is 13.3. The van der Waals surface area contributed by atoms with Crippen molar-refractivity contribution in [2.24, 2.45) is 0 Å². The van der Waals surface area contributed by atoms with Crippen LogP contribution in [0.2, 0.25) is 0 Å². The number of aryl methyl sites for hydroxylation is 2. The van der Waals surface area contributed by atoms with Gasteiger partial charge in [0.15, 0.2) is 0 Å². The third kappa shape index (κ3) is 3.92. The van der Waals surface area contributed by atoms with Gasteiger partial charge in [0.1, 0.15) is 10.6 Å². The van der Waals surface area contributed by atoms with Crippen molar-refractivity contribution in [3.63, 3.8) is 0 Å². The van der Waals surface area contributed by atoms with Crippen molar-refractivity contribution in [3.05, 3.63) is 59.2 Å². The number of sulfonamides is 1. The lowest BCUT2D eigenvalue weighted by molar-refractivity contribution is -0.00260. The molecule has 1 aliphatic rings. The Balaban J connectivity index is 1.90. The van der Waals surface area contributed by atoms with E-state index in [0.29, 0.717) is 32.1 Å². The van der Waals surface area contributed by atoms with E-state index in [-0.39, 0.29) is 11.0 Å². The quantitative estimate of drug-likeness (QED) is 0.803.